The molecule has 0 N–H and O–H groups in total. The summed E-state index contributed by atoms with van der Waals surface area (Å²) in [5.41, 5.74) is -0.306. The molecule has 1 nitrogen and oxygen atoms in total. The summed E-state index contributed by atoms with van der Waals surface area (Å²) >= 11 is 0. The topological polar surface area (TPSA) is 17.1 Å². The van der Waals surface area contributed by atoms with Gasteiger partial charge in [0.1, 0.15) is 5.78 Å². The van der Waals surface area contributed by atoms with Crippen molar-refractivity contribution in [2.45, 2.75) is 33.6 Å². The van der Waals surface area contributed by atoms with Gasteiger partial charge in [0, 0.05) is 5.41 Å². The van der Waals surface area contributed by atoms with Crippen molar-refractivity contribution in [1.29, 1.82) is 0 Å². The van der Waals surface area contributed by atoms with Crippen LogP contribution in [0.15, 0.2) is 0 Å². The molecule has 0 saturated carbocycles. The summed E-state index contributed by atoms with van der Waals surface area (Å²) < 4.78 is 0. The van der Waals surface area contributed by atoms with Crippen molar-refractivity contribution >= 4 is 5.78 Å². The SMILES string of the molecule is [CH2]C(CC)(CC)C(C)=O. The van der Waals surface area contributed by atoms with Crippen LogP contribution in [0.2, 0.25) is 0 Å². The van der Waals surface area contributed by atoms with E-state index in [4.69, 9.17) is 0 Å². The Hall–Kier alpha value is -0.330. The minimum absolute atomic E-state index is 0.201. The lowest BCUT2D eigenvalue weighted by atomic mass is 9.81. The van der Waals surface area contributed by atoms with Gasteiger partial charge in [-0.25, -0.2) is 0 Å². The third kappa shape index (κ3) is 1.81. The fourth-order valence-corrected chi connectivity index (χ4v) is 0.748. The minimum atomic E-state index is -0.306. The molecule has 1 radical (unpaired) electrons. The van der Waals surface area contributed by atoms with Gasteiger partial charge in [-0.3, -0.25) is 4.79 Å². The molecule has 0 fully saturated rings. The summed E-state index contributed by atoms with van der Waals surface area (Å²) in [6, 6.07) is 0. The highest BCUT2D eigenvalue weighted by atomic mass is 16.1. The molecule has 0 aliphatic carbocycles. The molecule has 0 aromatic heterocycles. The minimum Gasteiger partial charge on any atom is -0.299 e. The Morgan fingerprint density at radius 2 is 1.78 bits per heavy atom. The van der Waals surface area contributed by atoms with E-state index in [2.05, 4.69) is 6.92 Å². The van der Waals surface area contributed by atoms with Gasteiger partial charge < -0.3 is 0 Å². The van der Waals surface area contributed by atoms with E-state index in [-0.39, 0.29) is 11.2 Å². The molecule has 0 aliphatic rings. The molecule has 0 unspecified atom stereocenters. The first kappa shape index (κ1) is 8.67. The Morgan fingerprint density at radius 3 is 1.78 bits per heavy atom. The zero-order chi connectivity index (χ0) is 7.49. The highest BCUT2D eigenvalue weighted by Gasteiger charge is 2.24. The third-order valence-corrected chi connectivity index (χ3v) is 2.10. The average Bonchev–Trinajstić information content (AvgIpc) is 1.86. The van der Waals surface area contributed by atoms with Gasteiger partial charge in [-0.2, -0.15) is 0 Å². The van der Waals surface area contributed by atoms with E-state index in [1.807, 2.05) is 13.8 Å². The van der Waals surface area contributed by atoms with Crippen LogP contribution in [0.1, 0.15) is 33.6 Å². The largest absolute Gasteiger partial charge is 0.299 e. The molecular formula is C8H15O. The summed E-state index contributed by atoms with van der Waals surface area (Å²) in [6.45, 7) is 9.46. The van der Waals surface area contributed by atoms with Crippen molar-refractivity contribution in [1.82, 2.24) is 0 Å². The van der Waals surface area contributed by atoms with Crippen LogP contribution in [-0.4, -0.2) is 5.78 Å². The monoisotopic (exact) mass is 127 g/mol. The van der Waals surface area contributed by atoms with Gasteiger partial charge in [0.2, 0.25) is 0 Å². The molecule has 53 valence electrons. The second-order valence-corrected chi connectivity index (χ2v) is 2.54. The maximum Gasteiger partial charge on any atom is 0.135 e. The van der Waals surface area contributed by atoms with Crippen LogP contribution in [-0.2, 0) is 4.79 Å². The van der Waals surface area contributed by atoms with Gasteiger partial charge in [0.15, 0.2) is 0 Å². The van der Waals surface area contributed by atoms with E-state index >= 15 is 0 Å². The van der Waals surface area contributed by atoms with E-state index in [0.717, 1.165) is 12.8 Å². The second kappa shape index (κ2) is 3.00. The Labute approximate surface area is 57.5 Å². The van der Waals surface area contributed by atoms with Gasteiger partial charge >= 0.3 is 0 Å². The number of ketones is 1. The van der Waals surface area contributed by atoms with Gasteiger partial charge in [-0.15, -0.1) is 0 Å². The standard InChI is InChI=1S/C8H15O/c1-5-8(4,6-2)7(3)9/h4-6H2,1-3H3. The molecule has 9 heavy (non-hydrogen) atoms. The summed E-state index contributed by atoms with van der Waals surface area (Å²) in [7, 11) is 0. The zero-order valence-electron chi connectivity index (χ0n) is 6.53. The normalized spacial score (nSPS) is 11.6. The quantitative estimate of drug-likeness (QED) is 0.568. The van der Waals surface area contributed by atoms with E-state index in [1.54, 1.807) is 6.92 Å². The van der Waals surface area contributed by atoms with Gasteiger partial charge in [-0.1, -0.05) is 13.8 Å². The molecule has 0 aromatic carbocycles. The average molecular weight is 127 g/mol. The first-order chi connectivity index (χ1) is 4.06. The first-order valence-electron chi connectivity index (χ1n) is 3.43. The van der Waals surface area contributed by atoms with Crippen LogP contribution >= 0.6 is 0 Å². The molecular weight excluding hydrogens is 112 g/mol. The molecule has 0 aromatic rings. The fraction of sp³-hybridized carbons (Fsp3) is 0.750. The zero-order valence-corrected chi connectivity index (χ0v) is 6.53. The summed E-state index contributed by atoms with van der Waals surface area (Å²) in [5, 5.41) is 0. The van der Waals surface area contributed by atoms with Gasteiger partial charge in [-0.05, 0) is 26.7 Å². The maximum absolute atomic E-state index is 10.9. The first-order valence-corrected chi connectivity index (χ1v) is 3.43. The highest BCUT2D eigenvalue weighted by molar-refractivity contribution is 5.82. The number of hydrogen-bond donors (Lipinski definition) is 0. The number of rotatable bonds is 3. The molecule has 0 bridgehead atoms. The molecule has 0 aliphatic heterocycles. The fourth-order valence-electron chi connectivity index (χ4n) is 0.748. The van der Waals surface area contributed by atoms with E-state index < -0.39 is 0 Å². The molecule has 1 heteroatoms. The lowest BCUT2D eigenvalue weighted by Gasteiger charge is -2.21. The van der Waals surface area contributed by atoms with Crippen LogP contribution in [0, 0.1) is 12.3 Å². The molecule has 0 heterocycles. The highest BCUT2D eigenvalue weighted by Crippen LogP contribution is 2.25. The van der Waals surface area contributed by atoms with Crippen molar-refractivity contribution in [2.75, 3.05) is 0 Å². The second-order valence-electron chi connectivity index (χ2n) is 2.54. The predicted octanol–water partition coefficient (Wildman–Crippen LogP) is 2.22. The van der Waals surface area contributed by atoms with Crippen molar-refractivity contribution < 1.29 is 4.79 Å². The van der Waals surface area contributed by atoms with Crippen LogP contribution < -0.4 is 0 Å². The predicted molar refractivity (Wildman–Crippen MR) is 39.1 cm³/mol. The molecule has 0 spiro atoms. The van der Waals surface area contributed by atoms with Crippen molar-refractivity contribution in [3.05, 3.63) is 6.92 Å². The van der Waals surface area contributed by atoms with Crippen LogP contribution in [0.25, 0.3) is 0 Å². The Morgan fingerprint density at radius 1 is 1.44 bits per heavy atom. The Bertz CT molecular complexity index is 101. The maximum atomic E-state index is 10.9. The van der Waals surface area contributed by atoms with E-state index in [1.165, 1.54) is 0 Å². The van der Waals surface area contributed by atoms with Crippen LogP contribution in [0.3, 0.4) is 0 Å². The molecule has 0 amide bonds. The third-order valence-electron chi connectivity index (χ3n) is 2.10. The summed E-state index contributed by atoms with van der Waals surface area (Å²) in [4.78, 5) is 10.9. The van der Waals surface area contributed by atoms with Gasteiger partial charge in [0.25, 0.3) is 0 Å². The molecule has 0 rings (SSSR count). The lowest BCUT2D eigenvalue weighted by Crippen LogP contribution is -2.23. The van der Waals surface area contributed by atoms with Crippen LogP contribution in [0.5, 0.6) is 0 Å². The summed E-state index contributed by atoms with van der Waals surface area (Å²) in [5.74, 6) is 0.201. The molecule has 0 saturated heterocycles. The Kier molecular flexibility index (Phi) is 2.89. The molecule has 0 atom stereocenters. The Balaban J connectivity index is 4.09. The lowest BCUT2D eigenvalue weighted by molar-refractivity contribution is -0.124. The van der Waals surface area contributed by atoms with Crippen LogP contribution in [0.4, 0.5) is 0 Å². The van der Waals surface area contributed by atoms with E-state index in [9.17, 15) is 4.79 Å². The summed E-state index contributed by atoms with van der Waals surface area (Å²) in [6.07, 6.45) is 1.69. The van der Waals surface area contributed by atoms with Crippen molar-refractivity contribution in [2.24, 2.45) is 5.41 Å². The van der Waals surface area contributed by atoms with E-state index in [0.29, 0.717) is 0 Å². The van der Waals surface area contributed by atoms with Crippen molar-refractivity contribution in [3.8, 4) is 0 Å². The number of carbonyl (C=O) groups excluding carboxylic acids is 1. The van der Waals surface area contributed by atoms with Gasteiger partial charge in [0.05, 0.1) is 0 Å². The number of carbonyl (C=O) groups is 1. The number of Topliss-reactive ketones (excluding diaryl/α,β-unsaturated/α-hetero) is 1. The smallest absolute Gasteiger partial charge is 0.135 e. The number of hydrogen-bond acceptors (Lipinski definition) is 1. The van der Waals surface area contributed by atoms with Crippen molar-refractivity contribution in [3.63, 3.8) is 0 Å².